The van der Waals surface area contributed by atoms with Crippen LogP contribution in [0.25, 0.3) is 0 Å². The second kappa shape index (κ2) is 9.86. The summed E-state index contributed by atoms with van der Waals surface area (Å²) in [5, 5.41) is 10.5. The molecule has 1 rings (SSSR count). The highest BCUT2D eigenvalue weighted by Crippen LogP contribution is 2.26. The first-order valence-electron chi connectivity index (χ1n) is 9.05. The average molecular weight is 329 g/mol. The van der Waals surface area contributed by atoms with Gasteiger partial charge in [0.15, 0.2) is 6.29 Å². The quantitative estimate of drug-likeness (QED) is 0.625. The lowest BCUT2D eigenvalue weighted by atomic mass is 9.99. The highest BCUT2D eigenvalue weighted by molar-refractivity contribution is 6.81. The van der Waals surface area contributed by atoms with Crippen molar-refractivity contribution in [1.29, 1.82) is 0 Å². The summed E-state index contributed by atoms with van der Waals surface area (Å²) < 4.78 is 12.1. The maximum absolute atomic E-state index is 10.5. The number of aliphatic hydroxyl groups excluding tert-OH is 1. The topological polar surface area (TPSA) is 38.7 Å². The number of unbranched alkanes of at least 4 members (excludes halogenated alkanes) is 1. The van der Waals surface area contributed by atoms with Gasteiger partial charge in [-0.05, 0) is 37.7 Å². The molecule has 3 nitrogen and oxygen atoms in total. The zero-order valence-electron chi connectivity index (χ0n) is 15.2. The number of aliphatic hydroxyl groups is 1. The third-order valence-corrected chi connectivity index (χ3v) is 5.22. The van der Waals surface area contributed by atoms with Crippen molar-refractivity contribution in [2.75, 3.05) is 6.61 Å². The Balaban J connectivity index is 2.89. The molecule has 1 fully saturated rings. The Kier molecular flexibility index (Phi) is 8.91. The lowest BCUT2D eigenvalue weighted by Gasteiger charge is -2.32. The van der Waals surface area contributed by atoms with Crippen LogP contribution in [0, 0.1) is 0 Å². The van der Waals surface area contributed by atoms with E-state index in [9.17, 15) is 5.11 Å². The molecule has 0 aromatic heterocycles. The fourth-order valence-electron chi connectivity index (χ4n) is 2.84. The van der Waals surface area contributed by atoms with E-state index < -0.39 is 14.2 Å². The second-order valence-corrected chi connectivity index (χ2v) is 12.5. The molecular weight excluding hydrogens is 292 g/mol. The van der Waals surface area contributed by atoms with Gasteiger partial charge in [-0.3, -0.25) is 0 Å². The van der Waals surface area contributed by atoms with Gasteiger partial charge in [-0.25, -0.2) is 0 Å². The maximum Gasteiger partial charge on any atom is 0.158 e. The van der Waals surface area contributed by atoms with Crippen molar-refractivity contribution in [2.45, 2.75) is 96.9 Å². The molecule has 130 valence electrons. The molecule has 3 atom stereocenters. The molecule has 0 aliphatic carbocycles. The first-order chi connectivity index (χ1) is 10.4. The van der Waals surface area contributed by atoms with Crippen LogP contribution in [0.15, 0.2) is 11.3 Å². The summed E-state index contributed by atoms with van der Waals surface area (Å²) in [6.45, 7) is 12.0. The van der Waals surface area contributed by atoms with Gasteiger partial charge in [-0.1, -0.05) is 52.0 Å². The third kappa shape index (κ3) is 7.40. The van der Waals surface area contributed by atoms with Crippen molar-refractivity contribution in [3.63, 3.8) is 0 Å². The van der Waals surface area contributed by atoms with Crippen molar-refractivity contribution in [2.24, 2.45) is 0 Å². The van der Waals surface area contributed by atoms with Crippen LogP contribution in [-0.4, -0.2) is 38.3 Å². The minimum Gasteiger partial charge on any atom is -0.389 e. The van der Waals surface area contributed by atoms with Gasteiger partial charge in [0.25, 0.3) is 0 Å². The van der Waals surface area contributed by atoms with Gasteiger partial charge in [0, 0.05) is 6.61 Å². The van der Waals surface area contributed by atoms with Crippen molar-refractivity contribution < 1.29 is 14.6 Å². The highest BCUT2D eigenvalue weighted by atomic mass is 28.3. The Hall–Kier alpha value is -0.163. The van der Waals surface area contributed by atoms with E-state index in [-0.39, 0.29) is 12.4 Å². The Morgan fingerprint density at radius 2 is 2.05 bits per heavy atom. The lowest BCUT2D eigenvalue weighted by molar-refractivity contribution is -0.183. The van der Waals surface area contributed by atoms with Gasteiger partial charge in [0.1, 0.15) is 0 Å². The molecule has 3 unspecified atom stereocenters. The summed E-state index contributed by atoms with van der Waals surface area (Å²) in [4.78, 5) is 0. The van der Waals surface area contributed by atoms with E-state index in [0.717, 1.165) is 50.7 Å². The fraction of sp³-hybridized carbons (Fsp3) is 0.889. The van der Waals surface area contributed by atoms with E-state index in [1.807, 2.05) is 6.92 Å². The van der Waals surface area contributed by atoms with Crippen LogP contribution in [-0.2, 0) is 9.47 Å². The molecular formula is C18H36O3Si. The van der Waals surface area contributed by atoms with E-state index in [0.29, 0.717) is 0 Å². The van der Waals surface area contributed by atoms with Crippen LogP contribution in [0.3, 0.4) is 0 Å². The van der Waals surface area contributed by atoms with Crippen molar-refractivity contribution in [3.05, 3.63) is 11.3 Å². The molecule has 0 spiro atoms. The van der Waals surface area contributed by atoms with E-state index in [2.05, 4.69) is 32.3 Å². The molecule has 1 heterocycles. The summed E-state index contributed by atoms with van der Waals surface area (Å²) in [6, 6.07) is 0. The van der Waals surface area contributed by atoms with Crippen LogP contribution in [0.4, 0.5) is 0 Å². The lowest BCUT2D eigenvalue weighted by Crippen LogP contribution is -2.34. The molecule has 0 bridgehead atoms. The first-order valence-corrected chi connectivity index (χ1v) is 12.6. The van der Waals surface area contributed by atoms with Gasteiger partial charge in [-0.2, -0.15) is 0 Å². The second-order valence-electron chi connectivity index (χ2n) is 7.50. The van der Waals surface area contributed by atoms with Gasteiger partial charge in [0.05, 0.1) is 20.3 Å². The number of rotatable bonds is 9. The van der Waals surface area contributed by atoms with Crippen LogP contribution < -0.4 is 0 Å². The van der Waals surface area contributed by atoms with Gasteiger partial charge in [-0.15, -0.1) is 0 Å². The van der Waals surface area contributed by atoms with Crippen molar-refractivity contribution in [3.8, 4) is 0 Å². The Morgan fingerprint density at radius 3 is 2.55 bits per heavy atom. The summed E-state index contributed by atoms with van der Waals surface area (Å²) in [6.07, 6.45) is 6.79. The van der Waals surface area contributed by atoms with Gasteiger partial charge < -0.3 is 14.6 Å². The number of hydrogen-bond donors (Lipinski definition) is 1. The van der Waals surface area contributed by atoms with E-state index >= 15 is 0 Å². The smallest absolute Gasteiger partial charge is 0.158 e. The number of ether oxygens (including phenoxy) is 2. The van der Waals surface area contributed by atoms with Crippen LogP contribution in [0.2, 0.25) is 19.6 Å². The monoisotopic (exact) mass is 328 g/mol. The Bertz CT molecular complexity index is 330. The van der Waals surface area contributed by atoms with Crippen LogP contribution >= 0.6 is 0 Å². The molecule has 0 aromatic carbocycles. The minimum absolute atomic E-state index is 0.00437. The molecule has 0 radical (unpaired) electrons. The Morgan fingerprint density at radius 1 is 1.32 bits per heavy atom. The van der Waals surface area contributed by atoms with Crippen LogP contribution in [0.1, 0.15) is 58.8 Å². The predicted octanol–water partition coefficient (Wildman–Crippen LogP) is 4.66. The SMILES string of the molecule is CCCCC(OC1CCCCO1)/C(=C\[Si](C)(C)C)C(O)CC. The van der Waals surface area contributed by atoms with E-state index in [1.165, 1.54) is 6.42 Å². The molecule has 22 heavy (non-hydrogen) atoms. The van der Waals surface area contributed by atoms with E-state index in [4.69, 9.17) is 9.47 Å². The summed E-state index contributed by atoms with van der Waals surface area (Å²) in [5.41, 5.74) is 3.44. The Labute approximate surface area is 138 Å². The normalized spacial score (nSPS) is 23.4. The zero-order valence-corrected chi connectivity index (χ0v) is 16.2. The van der Waals surface area contributed by atoms with Crippen LogP contribution in [0.5, 0.6) is 0 Å². The van der Waals surface area contributed by atoms with Crippen molar-refractivity contribution in [1.82, 2.24) is 0 Å². The molecule has 0 aromatic rings. The van der Waals surface area contributed by atoms with E-state index in [1.54, 1.807) is 0 Å². The summed E-state index contributed by atoms with van der Waals surface area (Å²) >= 11 is 0. The summed E-state index contributed by atoms with van der Waals surface area (Å²) in [5.74, 6) is 0. The molecule has 1 aliphatic rings. The molecule has 1 saturated heterocycles. The number of hydrogen-bond acceptors (Lipinski definition) is 3. The standard InChI is InChI=1S/C18H36O3Si/c1-6-8-11-17(21-18-12-9-10-13-20-18)15(16(19)7-2)14-22(3,4)5/h14,16-19H,6-13H2,1-5H3/b15-14-. The van der Waals surface area contributed by atoms with Gasteiger partial charge >= 0.3 is 0 Å². The maximum atomic E-state index is 10.5. The third-order valence-electron chi connectivity index (χ3n) is 4.02. The molecule has 1 N–H and O–H groups in total. The fourth-order valence-corrected chi connectivity index (χ4v) is 4.22. The minimum atomic E-state index is -1.41. The molecule has 1 aliphatic heterocycles. The average Bonchev–Trinajstić information content (AvgIpc) is 2.48. The highest BCUT2D eigenvalue weighted by Gasteiger charge is 2.27. The predicted molar refractivity (Wildman–Crippen MR) is 95.7 cm³/mol. The molecule has 0 amide bonds. The van der Waals surface area contributed by atoms with Crippen molar-refractivity contribution >= 4 is 8.07 Å². The summed E-state index contributed by atoms with van der Waals surface area (Å²) in [7, 11) is -1.41. The largest absolute Gasteiger partial charge is 0.389 e. The first kappa shape index (κ1) is 19.9. The van der Waals surface area contributed by atoms with Gasteiger partial charge in [0.2, 0.25) is 0 Å². The molecule has 0 saturated carbocycles. The molecule has 4 heteroatoms. The zero-order chi connectivity index (χ0) is 16.6.